The molecule has 2 heterocycles. The Morgan fingerprint density at radius 2 is 1.32 bits per heavy atom. The van der Waals surface area contributed by atoms with Gasteiger partial charge in [-0.1, -0.05) is 90.4 Å². The van der Waals surface area contributed by atoms with Gasteiger partial charge in [0.25, 0.3) is 7.82 Å². The van der Waals surface area contributed by atoms with E-state index < -0.39 is 19.9 Å². The standard InChI is InChI=1S/C31H60NO7P/c1-5-6-7-8-9-10-11-12-13-14-15-16-17-18-21-36-25-31(39-27(2)33)26-38-40(34,35)37-24-28-22-29-19-20-30(23-28)32(29,3)4/h28-31H,5-26H2,1-4H3. The molecule has 0 aliphatic carbocycles. The van der Waals surface area contributed by atoms with Crippen molar-refractivity contribution >= 4 is 13.8 Å². The van der Waals surface area contributed by atoms with Crippen molar-refractivity contribution in [3.05, 3.63) is 0 Å². The predicted octanol–water partition coefficient (Wildman–Crippen LogP) is 6.94. The number of ether oxygens (including phenoxy) is 2. The molecular weight excluding hydrogens is 529 g/mol. The zero-order valence-electron chi connectivity index (χ0n) is 26.1. The molecule has 0 aromatic rings. The highest BCUT2D eigenvalue weighted by Crippen LogP contribution is 2.45. The van der Waals surface area contributed by atoms with Gasteiger partial charge in [-0.05, 0) is 12.3 Å². The summed E-state index contributed by atoms with van der Waals surface area (Å²) in [5, 5.41) is 0. The van der Waals surface area contributed by atoms with Crippen molar-refractivity contribution < 1.29 is 37.3 Å². The van der Waals surface area contributed by atoms with Gasteiger partial charge in [0, 0.05) is 39.2 Å². The molecule has 0 aromatic carbocycles. The lowest BCUT2D eigenvalue weighted by Gasteiger charge is -2.44. The average Bonchev–Trinajstić information content (AvgIpc) is 3.05. The number of piperidine rings is 1. The summed E-state index contributed by atoms with van der Waals surface area (Å²) in [5.41, 5.74) is 0. The van der Waals surface area contributed by atoms with Crippen LogP contribution < -0.4 is 4.89 Å². The summed E-state index contributed by atoms with van der Waals surface area (Å²) in [4.78, 5) is 23.9. The first-order valence-electron chi connectivity index (χ1n) is 16.3. The maximum atomic E-state index is 12.4. The van der Waals surface area contributed by atoms with E-state index >= 15 is 0 Å². The van der Waals surface area contributed by atoms with Crippen LogP contribution in [0.4, 0.5) is 0 Å². The Labute approximate surface area is 245 Å². The van der Waals surface area contributed by atoms with Gasteiger partial charge in [0.15, 0.2) is 0 Å². The topological polar surface area (TPSA) is 94.1 Å². The third kappa shape index (κ3) is 14.6. The molecule has 40 heavy (non-hydrogen) atoms. The second kappa shape index (κ2) is 19.6. The first-order valence-corrected chi connectivity index (χ1v) is 17.8. The van der Waals surface area contributed by atoms with Crippen molar-refractivity contribution in [1.82, 2.24) is 0 Å². The number of carbonyl (C=O) groups is 1. The van der Waals surface area contributed by atoms with E-state index in [0.29, 0.717) is 18.7 Å². The van der Waals surface area contributed by atoms with Crippen LogP contribution in [-0.2, 0) is 27.9 Å². The quantitative estimate of drug-likeness (QED) is 0.0521. The van der Waals surface area contributed by atoms with Gasteiger partial charge in [0.05, 0.1) is 46.0 Å². The van der Waals surface area contributed by atoms with E-state index in [-0.39, 0.29) is 25.7 Å². The van der Waals surface area contributed by atoms with Crippen LogP contribution in [0.25, 0.3) is 0 Å². The summed E-state index contributed by atoms with van der Waals surface area (Å²) in [5.74, 6) is -0.263. The highest BCUT2D eigenvalue weighted by Gasteiger charge is 2.48. The minimum atomic E-state index is -4.49. The Bertz CT molecular complexity index is 718. The zero-order chi connectivity index (χ0) is 29.3. The number of hydrogen-bond donors (Lipinski definition) is 0. The minimum Gasteiger partial charge on any atom is -0.756 e. The van der Waals surface area contributed by atoms with Gasteiger partial charge in [-0.2, -0.15) is 0 Å². The van der Waals surface area contributed by atoms with E-state index in [0.717, 1.165) is 30.2 Å². The molecule has 9 heteroatoms. The number of nitrogens with zero attached hydrogens (tertiary/aromatic N) is 1. The molecule has 8 nitrogen and oxygen atoms in total. The van der Waals surface area contributed by atoms with Crippen molar-refractivity contribution in [2.45, 2.75) is 148 Å². The highest BCUT2D eigenvalue weighted by atomic mass is 31.2. The van der Waals surface area contributed by atoms with E-state index in [4.69, 9.17) is 18.5 Å². The fourth-order valence-electron chi connectivity index (χ4n) is 6.50. The van der Waals surface area contributed by atoms with Gasteiger partial charge < -0.3 is 27.9 Å². The lowest BCUT2D eigenvalue weighted by Crippen LogP contribution is -2.54. The Morgan fingerprint density at radius 3 is 1.82 bits per heavy atom. The van der Waals surface area contributed by atoms with E-state index in [1.165, 1.54) is 96.8 Å². The summed E-state index contributed by atoms with van der Waals surface area (Å²) in [6.07, 6.45) is 21.7. The van der Waals surface area contributed by atoms with Crippen LogP contribution in [0.1, 0.15) is 129 Å². The number of phosphoric ester groups is 1. The summed E-state index contributed by atoms with van der Waals surface area (Å²) in [6.45, 7) is 4.09. The third-order valence-electron chi connectivity index (χ3n) is 9.09. The average molecular weight is 590 g/mol. The van der Waals surface area contributed by atoms with Crippen LogP contribution >= 0.6 is 7.82 Å². The number of phosphoric acid groups is 1. The highest BCUT2D eigenvalue weighted by molar-refractivity contribution is 7.45. The van der Waals surface area contributed by atoms with Crippen molar-refractivity contribution in [2.24, 2.45) is 5.92 Å². The summed E-state index contributed by atoms with van der Waals surface area (Å²) in [6, 6.07) is 1.15. The van der Waals surface area contributed by atoms with Crippen LogP contribution in [-0.4, -0.2) is 69.2 Å². The molecule has 2 saturated heterocycles. The summed E-state index contributed by atoms with van der Waals surface area (Å²) < 4.78 is 34.7. The summed E-state index contributed by atoms with van der Waals surface area (Å²) >= 11 is 0. The molecule has 0 amide bonds. The SMILES string of the molecule is CCCCCCCCCCCCCCCCOCC(COP(=O)([O-])OCC1CC2CCC(C1)[N+]2(C)C)OC(C)=O. The van der Waals surface area contributed by atoms with Crippen molar-refractivity contribution in [3.8, 4) is 0 Å². The van der Waals surface area contributed by atoms with Gasteiger partial charge in [-0.25, -0.2) is 0 Å². The molecule has 2 rings (SSSR count). The Hall–Kier alpha value is -0.500. The molecular formula is C31H60NO7P. The molecule has 0 saturated carbocycles. The number of hydrogen-bond acceptors (Lipinski definition) is 7. The normalized spacial score (nSPS) is 24.1. The van der Waals surface area contributed by atoms with Gasteiger partial charge in [0.1, 0.15) is 6.10 Å². The molecule has 2 fully saturated rings. The first-order chi connectivity index (χ1) is 19.1. The van der Waals surface area contributed by atoms with E-state index in [9.17, 15) is 14.3 Å². The Balaban J connectivity index is 1.49. The van der Waals surface area contributed by atoms with Crippen LogP contribution in [0.3, 0.4) is 0 Å². The fourth-order valence-corrected chi connectivity index (χ4v) is 7.32. The lowest BCUT2D eigenvalue weighted by molar-refractivity contribution is -0.931. The molecule has 0 aromatic heterocycles. The zero-order valence-corrected chi connectivity index (χ0v) is 27.0. The first kappa shape index (κ1) is 35.7. The Kier molecular flexibility index (Phi) is 17.5. The second-order valence-corrected chi connectivity index (χ2v) is 14.2. The monoisotopic (exact) mass is 589 g/mol. The van der Waals surface area contributed by atoms with Crippen LogP contribution in [0, 0.1) is 5.92 Å². The molecule has 2 aliphatic heterocycles. The van der Waals surface area contributed by atoms with E-state index in [1.54, 1.807) is 0 Å². The van der Waals surface area contributed by atoms with Gasteiger partial charge >= 0.3 is 5.97 Å². The predicted molar refractivity (Wildman–Crippen MR) is 158 cm³/mol. The van der Waals surface area contributed by atoms with Crippen LogP contribution in [0.5, 0.6) is 0 Å². The number of rotatable bonds is 24. The van der Waals surface area contributed by atoms with Gasteiger partial charge in [-0.15, -0.1) is 0 Å². The number of carbonyl (C=O) groups excluding carboxylic acids is 1. The summed E-state index contributed by atoms with van der Waals surface area (Å²) in [7, 11) is 0.0650. The lowest BCUT2D eigenvalue weighted by atomic mass is 9.90. The van der Waals surface area contributed by atoms with Gasteiger partial charge in [0.2, 0.25) is 0 Å². The molecule has 0 spiro atoms. The number of unbranched alkanes of at least 4 members (excludes halogenated alkanes) is 13. The molecule has 2 bridgehead atoms. The van der Waals surface area contributed by atoms with Crippen molar-refractivity contribution in [3.63, 3.8) is 0 Å². The minimum absolute atomic E-state index is 0.108. The maximum Gasteiger partial charge on any atom is 0.303 e. The van der Waals surface area contributed by atoms with Crippen molar-refractivity contribution in [1.29, 1.82) is 0 Å². The third-order valence-corrected chi connectivity index (χ3v) is 10.0. The molecule has 4 atom stereocenters. The molecule has 0 radical (unpaired) electrons. The largest absolute Gasteiger partial charge is 0.756 e. The smallest absolute Gasteiger partial charge is 0.303 e. The van der Waals surface area contributed by atoms with Crippen LogP contribution in [0.2, 0.25) is 0 Å². The maximum absolute atomic E-state index is 12.4. The number of quaternary nitrogens is 1. The van der Waals surface area contributed by atoms with Gasteiger partial charge in [-0.3, -0.25) is 9.36 Å². The fraction of sp³-hybridized carbons (Fsp3) is 0.968. The molecule has 0 N–H and O–H groups in total. The molecule has 236 valence electrons. The molecule has 4 unspecified atom stereocenters. The Morgan fingerprint density at radius 1 is 0.825 bits per heavy atom. The number of esters is 1. The van der Waals surface area contributed by atoms with Crippen molar-refractivity contribution in [2.75, 3.05) is 40.5 Å². The van der Waals surface area contributed by atoms with E-state index in [1.807, 2.05) is 0 Å². The van der Waals surface area contributed by atoms with Crippen LogP contribution in [0.15, 0.2) is 0 Å². The number of fused-ring (bicyclic) bond motifs is 2. The van der Waals surface area contributed by atoms with E-state index in [2.05, 4.69) is 21.0 Å². The molecule has 2 aliphatic rings. The second-order valence-electron chi connectivity index (χ2n) is 12.8.